The van der Waals surface area contributed by atoms with Gasteiger partial charge in [0, 0.05) is 25.2 Å². The largest absolute Gasteiger partial charge is 0.355 e. The first kappa shape index (κ1) is 21.9. The minimum absolute atomic E-state index is 0.0350. The Bertz CT molecular complexity index is 981. The van der Waals surface area contributed by atoms with E-state index < -0.39 is 21.9 Å². The molecule has 0 bridgehead atoms. The molecule has 1 saturated heterocycles. The summed E-state index contributed by atoms with van der Waals surface area (Å²) in [5.74, 6) is -1.08. The number of hydrogen-bond donors (Lipinski definition) is 2. The van der Waals surface area contributed by atoms with Crippen LogP contribution >= 0.6 is 0 Å². The molecule has 0 saturated carbocycles. The fourth-order valence-corrected chi connectivity index (χ4v) is 5.00. The molecule has 2 amide bonds. The van der Waals surface area contributed by atoms with Crippen LogP contribution in [-0.4, -0.2) is 50.2 Å². The van der Waals surface area contributed by atoms with Crippen LogP contribution in [0.25, 0.3) is 0 Å². The van der Waals surface area contributed by atoms with Gasteiger partial charge < -0.3 is 10.6 Å². The molecule has 1 heterocycles. The molecule has 0 aliphatic carbocycles. The van der Waals surface area contributed by atoms with Gasteiger partial charge in [-0.2, -0.15) is 4.31 Å². The third-order valence-electron chi connectivity index (χ3n) is 4.90. The van der Waals surface area contributed by atoms with Crippen molar-refractivity contribution in [1.82, 2.24) is 14.9 Å². The molecule has 7 nitrogen and oxygen atoms in total. The normalized spacial score (nSPS) is 16.9. The van der Waals surface area contributed by atoms with Crippen molar-refractivity contribution in [2.24, 2.45) is 0 Å². The number of sulfonamides is 1. The monoisotopic (exact) mass is 433 g/mol. The maximum atomic E-state index is 13.1. The molecular weight excluding hydrogens is 409 g/mol. The number of halogens is 1. The van der Waals surface area contributed by atoms with Crippen LogP contribution in [-0.2, 0) is 14.8 Å². The standard InChI is InChI=1S/C21H24FN3O4S/c22-17-9-11-18(12-10-17)30(28,29)25-15-4-8-19(25)21(27)24-14-5-13-23-20(26)16-6-2-1-3-7-16/h1-3,6-7,9-12,19H,4-5,8,13-15H2,(H,23,26)(H,24,27)/t19-/m0/s1. The van der Waals surface area contributed by atoms with E-state index in [1.807, 2.05) is 6.07 Å². The van der Waals surface area contributed by atoms with Crippen LogP contribution in [0.1, 0.15) is 29.6 Å². The summed E-state index contributed by atoms with van der Waals surface area (Å²) < 4.78 is 39.9. The van der Waals surface area contributed by atoms with E-state index >= 15 is 0 Å². The van der Waals surface area contributed by atoms with E-state index in [2.05, 4.69) is 10.6 Å². The van der Waals surface area contributed by atoms with Gasteiger partial charge in [-0.25, -0.2) is 12.8 Å². The lowest BCUT2D eigenvalue weighted by Crippen LogP contribution is -2.46. The molecule has 1 fully saturated rings. The molecule has 2 N–H and O–H groups in total. The van der Waals surface area contributed by atoms with Crippen molar-refractivity contribution in [3.63, 3.8) is 0 Å². The molecule has 0 aromatic heterocycles. The average molecular weight is 434 g/mol. The van der Waals surface area contributed by atoms with E-state index in [-0.39, 0.29) is 23.3 Å². The molecule has 1 aliphatic heterocycles. The average Bonchev–Trinajstić information content (AvgIpc) is 3.25. The van der Waals surface area contributed by atoms with Crippen LogP contribution in [0.15, 0.2) is 59.5 Å². The zero-order valence-corrected chi connectivity index (χ0v) is 17.2. The highest BCUT2D eigenvalue weighted by Crippen LogP contribution is 2.26. The van der Waals surface area contributed by atoms with Crippen LogP contribution < -0.4 is 10.6 Å². The zero-order valence-electron chi connectivity index (χ0n) is 16.4. The van der Waals surface area contributed by atoms with Gasteiger partial charge >= 0.3 is 0 Å². The summed E-state index contributed by atoms with van der Waals surface area (Å²) in [6.45, 7) is 0.941. The summed E-state index contributed by atoms with van der Waals surface area (Å²) in [6, 6.07) is 12.6. The van der Waals surface area contributed by atoms with Crippen molar-refractivity contribution in [3.8, 4) is 0 Å². The quantitative estimate of drug-likeness (QED) is 0.622. The van der Waals surface area contributed by atoms with Gasteiger partial charge in [-0.15, -0.1) is 0 Å². The van der Waals surface area contributed by atoms with Gasteiger partial charge in [0.15, 0.2) is 0 Å². The molecule has 0 unspecified atom stereocenters. The molecule has 3 rings (SSSR count). The van der Waals surface area contributed by atoms with Gasteiger partial charge in [0.25, 0.3) is 5.91 Å². The Labute approximate surface area is 175 Å². The molecule has 9 heteroatoms. The molecule has 160 valence electrons. The number of benzene rings is 2. The van der Waals surface area contributed by atoms with Crippen molar-refractivity contribution >= 4 is 21.8 Å². The molecule has 1 aliphatic rings. The van der Waals surface area contributed by atoms with Gasteiger partial charge in [0.2, 0.25) is 15.9 Å². The lowest BCUT2D eigenvalue weighted by atomic mass is 10.2. The van der Waals surface area contributed by atoms with E-state index in [1.54, 1.807) is 24.3 Å². The molecule has 2 aromatic carbocycles. The van der Waals surface area contributed by atoms with Crippen molar-refractivity contribution in [2.75, 3.05) is 19.6 Å². The smallest absolute Gasteiger partial charge is 0.251 e. The van der Waals surface area contributed by atoms with Crippen molar-refractivity contribution < 1.29 is 22.4 Å². The predicted molar refractivity (Wildman–Crippen MR) is 110 cm³/mol. The van der Waals surface area contributed by atoms with Crippen LogP contribution in [0.2, 0.25) is 0 Å². The van der Waals surface area contributed by atoms with Crippen molar-refractivity contribution in [1.29, 1.82) is 0 Å². The minimum Gasteiger partial charge on any atom is -0.355 e. The highest BCUT2D eigenvalue weighted by Gasteiger charge is 2.39. The summed E-state index contributed by atoms with van der Waals surface area (Å²) >= 11 is 0. The highest BCUT2D eigenvalue weighted by atomic mass is 32.2. The number of hydrogen-bond acceptors (Lipinski definition) is 4. The van der Waals surface area contributed by atoms with E-state index in [4.69, 9.17) is 0 Å². The topological polar surface area (TPSA) is 95.6 Å². The summed E-state index contributed by atoms with van der Waals surface area (Å²) in [5, 5.41) is 5.52. The highest BCUT2D eigenvalue weighted by molar-refractivity contribution is 7.89. The van der Waals surface area contributed by atoms with E-state index in [0.717, 1.165) is 12.1 Å². The summed E-state index contributed by atoms with van der Waals surface area (Å²) in [4.78, 5) is 24.5. The van der Waals surface area contributed by atoms with Crippen LogP contribution in [0.4, 0.5) is 4.39 Å². The van der Waals surface area contributed by atoms with E-state index in [9.17, 15) is 22.4 Å². The Morgan fingerprint density at radius 2 is 1.67 bits per heavy atom. The van der Waals surface area contributed by atoms with E-state index in [0.29, 0.717) is 37.9 Å². The zero-order chi connectivity index (χ0) is 21.6. The number of nitrogens with one attached hydrogen (secondary N) is 2. The lowest BCUT2D eigenvalue weighted by molar-refractivity contribution is -0.124. The predicted octanol–water partition coefficient (Wildman–Crippen LogP) is 1.92. The maximum Gasteiger partial charge on any atom is 0.251 e. The second-order valence-corrected chi connectivity index (χ2v) is 8.88. The Morgan fingerprint density at radius 1 is 1.00 bits per heavy atom. The van der Waals surface area contributed by atoms with Gasteiger partial charge in [0.05, 0.1) is 4.90 Å². The Hall–Kier alpha value is -2.78. The van der Waals surface area contributed by atoms with Crippen molar-refractivity contribution in [2.45, 2.75) is 30.2 Å². The first-order valence-electron chi connectivity index (χ1n) is 9.78. The number of carbonyl (C=O) groups is 2. The number of carbonyl (C=O) groups excluding carboxylic acids is 2. The lowest BCUT2D eigenvalue weighted by Gasteiger charge is -2.23. The van der Waals surface area contributed by atoms with Crippen molar-refractivity contribution in [3.05, 3.63) is 66.0 Å². The molecular formula is C21H24FN3O4S. The van der Waals surface area contributed by atoms with Crippen LogP contribution in [0.3, 0.4) is 0 Å². The molecule has 30 heavy (non-hydrogen) atoms. The molecule has 2 aromatic rings. The fraction of sp³-hybridized carbons (Fsp3) is 0.333. The fourth-order valence-electron chi connectivity index (χ4n) is 3.34. The Morgan fingerprint density at radius 3 is 2.37 bits per heavy atom. The molecule has 1 atom stereocenters. The number of rotatable bonds is 8. The second kappa shape index (κ2) is 9.82. The molecule has 0 radical (unpaired) electrons. The molecule has 0 spiro atoms. The summed E-state index contributed by atoms with van der Waals surface area (Å²) in [7, 11) is -3.88. The van der Waals surface area contributed by atoms with Gasteiger partial charge in [-0.05, 0) is 55.7 Å². The Kier molecular flexibility index (Phi) is 7.17. The van der Waals surface area contributed by atoms with Crippen LogP contribution in [0, 0.1) is 5.82 Å². The first-order chi connectivity index (χ1) is 14.4. The van der Waals surface area contributed by atoms with E-state index in [1.165, 1.54) is 16.4 Å². The van der Waals surface area contributed by atoms with Crippen LogP contribution in [0.5, 0.6) is 0 Å². The minimum atomic E-state index is -3.88. The Balaban J connectivity index is 1.49. The number of nitrogens with zero attached hydrogens (tertiary/aromatic N) is 1. The number of amides is 2. The maximum absolute atomic E-state index is 13.1. The third-order valence-corrected chi connectivity index (χ3v) is 6.82. The van der Waals surface area contributed by atoms with Gasteiger partial charge in [-0.1, -0.05) is 18.2 Å². The first-order valence-corrected chi connectivity index (χ1v) is 11.2. The second-order valence-electron chi connectivity index (χ2n) is 6.99. The SMILES string of the molecule is O=C(NCCCNC(=O)[C@@H]1CCCN1S(=O)(=O)c1ccc(F)cc1)c1ccccc1. The summed E-state index contributed by atoms with van der Waals surface area (Å²) in [6.07, 6.45) is 1.52. The third kappa shape index (κ3) is 5.22. The summed E-state index contributed by atoms with van der Waals surface area (Å²) in [5.41, 5.74) is 0.564. The van der Waals surface area contributed by atoms with Gasteiger partial charge in [0.1, 0.15) is 11.9 Å². The van der Waals surface area contributed by atoms with Gasteiger partial charge in [-0.3, -0.25) is 9.59 Å².